The minimum Gasteiger partial charge on any atom is -0.326 e. The Labute approximate surface area is 162 Å². The van der Waals surface area contributed by atoms with Crippen molar-refractivity contribution < 1.29 is 14.4 Å². The molecule has 140 valence electrons. The average Bonchev–Trinajstić information content (AvgIpc) is 2.79. The molecule has 27 heavy (non-hydrogen) atoms. The van der Waals surface area contributed by atoms with Crippen molar-refractivity contribution in [1.29, 1.82) is 0 Å². The topological polar surface area (TPSA) is 87.3 Å². The van der Waals surface area contributed by atoms with E-state index in [4.69, 9.17) is 0 Å². The molecule has 0 radical (unpaired) electrons. The number of anilines is 3. The van der Waals surface area contributed by atoms with E-state index in [1.54, 1.807) is 24.3 Å². The Morgan fingerprint density at radius 3 is 2.44 bits per heavy atom. The maximum atomic E-state index is 12.4. The minimum atomic E-state index is -0.259. The molecular weight excluding hydrogens is 362 g/mol. The highest BCUT2D eigenvalue weighted by Crippen LogP contribution is 2.27. The van der Waals surface area contributed by atoms with Crippen LogP contribution in [0.3, 0.4) is 0 Å². The third kappa shape index (κ3) is 5.34. The van der Waals surface area contributed by atoms with Crippen LogP contribution in [0.4, 0.5) is 17.1 Å². The predicted molar refractivity (Wildman–Crippen MR) is 109 cm³/mol. The largest absolute Gasteiger partial charge is 0.326 e. The number of benzene rings is 2. The summed E-state index contributed by atoms with van der Waals surface area (Å²) in [6.07, 6.45) is 1.50. The first-order valence-corrected chi connectivity index (χ1v) is 9.74. The molecule has 3 amide bonds. The Balaban J connectivity index is 1.50. The lowest BCUT2D eigenvalue weighted by atomic mass is 10.1. The lowest BCUT2D eigenvalue weighted by Gasteiger charge is -2.13. The van der Waals surface area contributed by atoms with Gasteiger partial charge < -0.3 is 16.0 Å². The molecule has 0 saturated heterocycles. The van der Waals surface area contributed by atoms with Gasteiger partial charge in [0.1, 0.15) is 0 Å². The fourth-order valence-corrected chi connectivity index (χ4v) is 3.78. The molecule has 0 aliphatic carbocycles. The van der Waals surface area contributed by atoms with Gasteiger partial charge in [-0.1, -0.05) is 18.2 Å². The monoisotopic (exact) mass is 383 g/mol. The van der Waals surface area contributed by atoms with Crippen molar-refractivity contribution in [1.82, 2.24) is 0 Å². The first-order valence-electron chi connectivity index (χ1n) is 8.69. The molecule has 1 aliphatic rings. The summed E-state index contributed by atoms with van der Waals surface area (Å²) in [5.41, 5.74) is 3.30. The molecular formula is C20H21N3O3S. The van der Waals surface area contributed by atoms with Crippen LogP contribution >= 0.6 is 11.8 Å². The van der Waals surface area contributed by atoms with Gasteiger partial charge in [-0.3, -0.25) is 14.4 Å². The number of thioether (sulfide) groups is 1. The molecule has 0 aromatic heterocycles. The van der Waals surface area contributed by atoms with Crippen molar-refractivity contribution >= 4 is 46.5 Å². The quantitative estimate of drug-likeness (QED) is 0.739. The molecule has 6 nitrogen and oxygen atoms in total. The van der Waals surface area contributed by atoms with Gasteiger partial charge in [-0.25, -0.2) is 0 Å². The zero-order chi connectivity index (χ0) is 19.2. The zero-order valence-corrected chi connectivity index (χ0v) is 15.8. The highest BCUT2D eigenvalue weighted by Gasteiger charge is 2.24. The fraction of sp³-hybridized carbons (Fsp3) is 0.250. The number of aryl methyl sites for hydroxylation is 1. The third-order valence-corrected chi connectivity index (χ3v) is 5.43. The van der Waals surface area contributed by atoms with Gasteiger partial charge in [0.15, 0.2) is 0 Å². The zero-order valence-electron chi connectivity index (χ0n) is 15.0. The molecule has 0 fully saturated rings. The van der Waals surface area contributed by atoms with Crippen molar-refractivity contribution in [3.63, 3.8) is 0 Å². The van der Waals surface area contributed by atoms with Gasteiger partial charge >= 0.3 is 0 Å². The molecule has 1 heterocycles. The van der Waals surface area contributed by atoms with E-state index in [0.29, 0.717) is 17.8 Å². The second-order valence-corrected chi connectivity index (χ2v) is 7.48. The van der Waals surface area contributed by atoms with Crippen LogP contribution in [-0.2, 0) is 20.8 Å². The van der Waals surface area contributed by atoms with E-state index >= 15 is 0 Å². The summed E-state index contributed by atoms with van der Waals surface area (Å²) >= 11 is 1.35. The number of carbonyl (C=O) groups is 3. The first kappa shape index (κ1) is 19.0. The van der Waals surface area contributed by atoms with Crippen molar-refractivity contribution in [3.8, 4) is 0 Å². The Morgan fingerprint density at radius 2 is 1.74 bits per heavy atom. The number of fused-ring (bicyclic) bond motifs is 1. The summed E-state index contributed by atoms with van der Waals surface area (Å²) in [6.45, 7) is 1.44. The fourth-order valence-electron chi connectivity index (χ4n) is 2.86. The van der Waals surface area contributed by atoms with Crippen molar-refractivity contribution in [2.24, 2.45) is 0 Å². The molecule has 0 bridgehead atoms. The van der Waals surface area contributed by atoms with Crippen LogP contribution in [0.5, 0.6) is 0 Å². The van der Waals surface area contributed by atoms with Crippen molar-refractivity contribution in [2.45, 2.75) is 25.0 Å². The summed E-state index contributed by atoms with van der Waals surface area (Å²) in [7, 11) is 0. The van der Waals surface area contributed by atoms with E-state index < -0.39 is 0 Å². The second kappa shape index (κ2) is 8.73. The maximum Gasteiger partial charge on any atom is 0.237 e. The number of rotatable bonds is 5. The van der Waals surface area contributed by atoms with Crippen LogP contribution in [-0.4, -0.2) is 28.7 Å². The lowest BCUT2D eigenvalue weighted by molar-refractivity contribution is -0.116. The normalized spacial score (nSPS) is 15.9. The van der Waals surface area contributed by atoms with Gasteiger partial charge in [0.25, 0.3) is 0 Å². The molecule has 0 saturated carbocycles. The summed E-state index contributed by atoms with van der Waals surface area (Å²) < 4.78 is 0. The van der Waals surface area contributed by atoms with E-state index in [2.05, 4.69) is 16.0 Å². The van der Waals surface area contributed by atoms with E-state index in [1.807, 2.05) is 24.3 Å². The first-order chi connectivity index (χ1) is 13.0. The highest BCUT2D eigenvalue weighted by molar-refractivity contribution is 8.01. The van der Waals surface area contributed by atoms with Crippen molar-refractivity contribution in [3.05, 3.63) is 54.1 Å². The second-order valence-electron chi connectivity index (χ2n) is 6.29. The van der Waals surface area contributed by atoms with E-state index in [-0.39, 0.29) is 28.7 Å². The van der Waals surface area contributed by atoms with Crippen LogP contribution in [0.15, 0.2) is 48.5 Å². The Hall–Kier alpha value is -2.80. The summed E-state index contributed by atoms with van der Waals surface area (Å²) in [4.78, 5) is 35.6. The van der Waals surface area contributed by atoms with Crippen LogP contribution in [0.1, 0.15) is 18.9 Å². The molecule has 0 unspecified atom stereocenters. The Kier molecular flexibility index (Phi) is 6.13. The highest BCUT2D eigenvalue weighted by atomic mass is 32.2. The van der Waals surface area contributed by atoms with Gasteiger partial charge in [0, 0.05) is 24.0 Å². The van der Waals surface area contributed by atoms with Gasteiger partial charge in [0.2, 0.25) is 17.7 Å². The number of para-hydroxylation sites is 1. The minimum absolute atomic E-state index is 0.0580. The Morgan fingerprint density at radius 1 is 1.07 bits per heavy atom. The van der Waals surface area contributed by atoms with E-state index in [0.717, 1.165) is 17.7 Å². The van der Waals surface area contributed by atoms with Gasteiger partial charge in [-0.2, -0.15) is 0 Å². The van der Waals surface area contributed by atoms with Gasteiger partial charge in [-0.15, -0.1) is 11.8 Å². The number of amides is 3. The lowest BCUT2D eigenvalue weighted by Crippen LogP contribution is -2.26. The van der Waals surface area contributed by atoms with Crippen LogP contribution in [0.25, 0.3) is 0 Å². The Bertz CT molecular complexity index is 852. The van der Waals surface area contributed by atoms with Crippen LogP contribution in [0, 0.1) is 0 Å². The molecule has 2 aromatic rings. The number of hydrogen-bond acceptors (Lipinski definition) is 4. The maximum absolute atomic E-state index is 12.4. The van der Waals surface area contributed by atoms with Crippen LogP contribution < -0.4 is 16.0 Å². The molecule has 3 rings (SSSR count). The predicted octanol–water partition coefficient (Wildman–Crippen LogP) is 3.27. The van der Waals surface area contributed by atoms with Crippen molar-refractivity contribution in [2.75, 3.05) is 21.7 Å². The SMILES string of the molecule is CC(=O)Nc1ccc(NC(=O)CS[C@@H]2CCc3ccccc3NC2=O)cc1. The molecule has 1 aliphatic heterocycles. The average molecular weight is 383 g/mol. The third-order valence-electron chi connectivity index (χ3n) is 4.15. The number of hydrogen-bond donors (Lipinski definition) is 3. The standard InChI is InChI=1S/C20H21N3O3S/c1-13(24)21-15-7-9-16(10-8-15)22-19(25)12-27-18-11-6-14-4-2-3-5-17(14)23-20(18)26/h2-5,7-10,18H,6,11-12H2,1H3,(H,21,24)(H,22,25)(H,23,26)/t18-/m1/s1. The smallest absolute Gasteiger partial charge is 0.237 e. The van der Waals surface area contributed by atoms with Crippen LogP contribution in [0.2, 0.25) is 0 Å². The van der Waals surface area contributed by atoms with E-state index in [9.17, 15) is 14.4 Å². The summed E-state index contributed by atoms with van der Waals surface area (Å²) in [5.74, 6) is -0.173. The molecule has 0 spiro atoms. The molecule has 2 aromatic carbocycles. The summed E-state index contributed by atoms with van der Waals surface area (Å²) in [6, 6.07) is 14.7. The number of carbonyl (C=O) groups excluding carboxylic acids is 3. The number of nitrogens with one attached hydrogen (secondary N) is 3. The molecule has 3 N–H and O–H groups in total. The summed E-state index contributed by atoms with van der Waals surface area (Å²) in [5, 5.41) is 8.16. The van der Waals surface area contributed by atoms with Gasteiger partial charge in [0.05, 0.1) is 11.0 Å². The molecule has 7 heteroatoms. The van der Waals surface area contributed by atoms with E-state index in [1.165, 1.54) is 18.7 Å². The molecule has 1 atom stereocenters. The van der Waals surface area contributed by atoms with Gasteiger partial charge in [-0.05, 0) is 48.7 Å².